The molecule has 0 aliphatic rings. The number of thioether (sulfide) groups is 1. The average molecular weight is 1280 g/mol. The maximum Gasteiger partial charge on any atom is 0.298 e. The number of hydrogen-bond donors (Lipinski definition) is 7. The van der Waals surface area contributed by atoms with E-state index in [4.69, 9.17) is 9.47 Å². The first kappa shape index (κ1) is 61.3. The minimum atomic E-state index is -5.45. The smallest absolute Gasteiger partial charge is 0.298 e. The Labute approximate surface area is 478 Å². The number of benzene rings is 5. The standard InChI is InChI=1S/C46H41N11O19S7/c1-22-15-33(54-52-31-19-35(76-11-7-13-79(60,61)62)32(18-30(31)48-24(3)58)53-55-39-23(2)27(21-47)44-49-28-9-5-6-10-34(28)57(44)45(39)59)36(77-12-8-14-80(63,64)65)20-29(22)51-56-46-50-40-41(75-4)43(83(72,73)74)26-16-25(81(66,67)68)17-37(82(69,70)71)38(26)42(40)78-46/h5-6,9-10,15-20,59H,7-8,11-14H2,1-4H3,(H,48,58)(H,60,61,62)(H,63,64,65)(H,66,67,68)(H,69,70,71)(H,72,73,74). The number of methoxy groups -OCH3 is 1. The van der Waals surface area contributed by atoms with Crippen LogP contribution >= 0.6 is 23.1 Å². The van der Waals surface area contributed by atoms with Crippen molar-refractivity contribution in [3.8, 4) is 23.4 Å². The van der Waals surface area contributed by atoms with E-state index < -0.39 is 111 Å². The van der Waals surface area contributed by atoms with Crippen LogP contribution in [0.5, 0.6) is 17.4 Å². The predicted octanol–water partition coefficient (Wildman–Crippen LogP) is 9.42. The molecule has 8 rings (SSSR count). The molecular formula is C46H41N11O19S7. The minimum absolute atomic E-state index is 0.0332. The number of thiazole rings is 1. The van der Waals surface area contributed by atoms with Crippen LogP contribution < -0.4 is 14.8 Å². The van der Waals surface area contributed by atoms with E-state index in [1.54, 1.807) is 31.2 Å². The van der Waals surface area contributed by atoms with Crippen molar-refractivity contribution in [3.63, 3.8) is 0 Å². The van der Waals surface area contributed by atoms with Crippen LogP contribution in [0.4, 0.5) is 39.3 Å². The van der Waals surface area contributed by atoms with E-state index in [-0.39, 0.29) is 96.6 Å². The Morgan fingerprint density at radius 2 is 1.45 bits per heavy atom. The van der Waals surface area contributed by atoms with Crippen molar-refractivity contribution < 1.29 is 84.2 Å². The maximum atomic E-state index is 12.9. The van der Waals surface area contributed by atoms with Crippen LogP contribution in [0.1, 0.15) is 36.5 Å². The van der Waals surface area contributed by atoms with Gasteiger partial charge in [-0.2, -0.15) is 47.4 Å². The number of ether oxygens (including phenoxy) is 2. The number of nitriles is 1. The highest BCUT2D eigenvalue weighted by atomic mass is 32.2. The molecule has 0 atom stereocenters. The Kier molecular flexibility index (Phi) is 17.4. The number of rotatable bonds is 21. The molecule has 3 heterocycles. The monoisotopic (exact) mass is 1280 g/mol. The summed E-state index contributed by atoms with van der Waals surface area (Å²) in [7, 11) is -24.1. The summed E-state index contributed by atoms with van der Waals surface area (Å²) in [5.41, 5.74) is 0.893. The molecule has 3 aromatic heterocycles. The van der Waals surface area contributed by atoms with Crippen molar-refractivity contribution in [2.24, 2.45) is 30.7 Å². The number of fused-ring (bicyclic) bond motifs is 6. The van der Waals surface area contributed by atoms with E-state index in [1.807, 2.05) is 0 Å². The number of carbonyl (C=O) groups is 1. The largest absolute Gasteiger partial charge is 0.493 e. The van der Waals surface area contributed by atoms with Gasteiger partial charge >= 0.3 is 0 Å². The lowest BCUT2D eigenvalue weighted by Gasteiger charge is -2.14. The molecule has 83 heavy (non-hydrogen) atoms. The second-order valence-corrected chi connectivity index (χ2v) is 27.0. The maximum absolute atomic E-state index is 12.9. The van der Waals surface area contributed by atoms with Crippen molar-refractivity contribution in [2.75, 3.05) is 36.3 Å². The summed E-state index contributed by atoms with van der Waals surface area (Å²) in [6.07, 6.45) is -0.316. The second-order valence-electron chi connectivity index (χ2n) is 17.6. The van der Waals surface area contributed by atoms with Gasteiger partial charge in [0.2, 0.25) is 16.9 Å². The van der Waals surface area contributed by atoms with Crippen molar-refractivity contribution >= 4 is 157 Å². The Balaban J connectivity index is 1.24. The molecule has 30 nitrogen and oxygen atoms in total. The van der Waals surface area contributed by atoms with Gasteiger partial charge in [0.1, 0.15) is 44.1 Å². The Morgan fingerprint density at radius 3 is 2.08 bits per heavy atom. The first-order valence-electron chi connectivity index (χ1n) is 23.2. The zero-order chi connectivity index (χ0) is 60.7. The number of anilines is 1. The molecule has 0 saturated heterocycles. The van der Waals surface area contributed by atoms with Gasteiger partial charge in [0.05, 0.1) is 62.9 Å². The quantitative estimate of drug-likeness (QED) is 0.0152. The van der Waals surface area contributed by atoms with Gasteiger partial charge in [-0.15, -0.1) is 42.4 Å². The van der Waals surface area contributed by atoms with E-state index in [0.29, 0.717) is 40.1 Å². The first-order valence-corrected chi connectivity index (χ1v) is 32.6. The molecule has 0 spiro atoms. The zero-order valence-electron chi connectivity index (χ0n) is 42.8. The van der Waals surface area contributed by atoms with Crippen molar-refractivity contribution in [1.82, 2.24) is 14.4 Å². The molecule has 0 aliphatic heterocycles. The molecule has 0 fully saturated rings. The summed E-state index contributed by atoms with van der Waals surface area (Å²) >= 11 is 1.56. The SMILES string of the molecule is COc1c(S(=O)(=O)O)c2cc(S(=O)(=O)O)cc(S(=O)(=O)O)c2c2sc(N=Nc3cc(SCCCS(=O)(=O)O)c(N=Nc4cc(OCCCS(=O)(=O)O)c(N=Nc5c(C)c(C#N)c6nc7ccccc7n6c5O)cc4NC(C)=O)cc3C)nc12. The first-order chi connectivity index (χ1) is 38.8. The minimum Gasteiger partial charge on any atom is -0.493 e. The van der Waals surface area contributed by atoms with Gasteiger partial charge in [0.15, 0.2) is 17.1 Å². The number of imidazole rings is 1. The molecule has 1 amide bonds. The molecule has 5 aromatic carbocycles. The molecular weight excluding hydrogens is 1240 g/mol. The Hall–Kier alpha value is -7.74. The van der Waals surface area contributed by atoms with Gasteiger partial charge in [0, 0.05) is 34.2 Å². The molecule has 7 N–H and O–H groups in total. The van der Waals surface area contributed by atoms with Crippen LogP contribution in [0, 0.1) is 25.2 Å². The predicted molar refractivity (Wildman–Crippen MR) is 300 cm³/mol. The van der Waals surface area contributed by atoms with E-state index in [2.05, 4.69) is 52.0 Å². The van der Waals surface area contributed by atoms with Crippen LogP contribution in [0.2, 0.25) is 0 Å². The molecule has 0 radical (unpaired) electrons. The van der Waals surface area contributed by atoms with E-state index >= 15 is 0 Å². The number of hydrogen-bond acceptors (Lipinski definition) is 25. The van der Waals surface area contributed by atoms with Gasteiger partial charge in [-0.1, -0.05) is 23.5 Å². The van der Waals surface area contributed by atoms with Gasteiger partial charge in [0.25, 0.3) is 50.6 Å². The number of aryl methyl sites for hydroxylation is 1. The molecule has 0 aliphatic carbocycles. The van der Waals surface area contributed by atoms with Gasteiger partial charge < -0.3 is 19.9 Å². The Morgan fingerprint density at radius 1 is 0.783 bits per heavy atom. The fourth-order valence-corrected chi connectivity index (χ4v) is 13.5. The number of aromatic nitrogens is 3. The average Bonchev–Trinajstić information content (AvgIpc) is 3.84. The summed E-state index contributed by atoms with van der Waals surface area (Å²) in [5, 5.41) is 48.4. The van der Waals surface area contributed by atoms with Crippen LogP contribution in [0.25, 0.3) is 37.7 Å². The zero-order valence-corrected chi connectivity index (χ0v) is 48.6. The molecule has 37 heteroatoms. The number of pyridine rings is 1. The third-order valence-electron chi connectivity index (χ3n) is 11.7. The van der Waals surface area contributed by atoms with Crippen LogP contribution in [0.3, 0.4) is 0 Å². The lowest BCUT2D eigenvalue weighted by atomic mass is 10.1. The van der Waals surface area contributed by atoms with Crippen molar-refractivity contribution in [3.05, 3.63) is 77.4 Å². The highest BCUT2D eigenvalue weighted by molar-refractivity contribution is 7.99. The molecule has 0 saturated carbocycles. The van der Waals surface area contributed by atoms with Crippen LogP contribution in [-0.2, 0) is 55.4 Å². The summed E-state index contributed by atoms with van der Waals surface area (Å²) in [4.78, 5) is 18.1. The molecule has 8 aromatic rings. The number of carbonyl (C=O) groups excluding carboxylic acids is 1. The number of aromatic hydroxyl groups is 1. The number of amides is 1. The number of para-hydroxylation sites is 2. The number of nitrogens with one attached hydrogen (secondary N) is 1. The third kappa shape index (κ3) is 13.7. The fraction of sp³-hybridized carbons (Fsp3) is 0.217. The van der Waals surface area contributed by atoms with Gasteiger partial charge in [-0.05, 0) is 80.5 Å². The second kappa shape index (κ2) is 23.5. The van der Waals surface area contributed by atoms with E-state index in [1.165, 1.54) is 42.5 Å². The van der Waals surface area contributed by atoms with E-state index in [0.717, 1.165) is 18.9 Å². The topological polar surface area (TPSA) is 468 Å². The third-order valence-corrected chi connectivity index (χ3v) is 18.0. The lowest BCUT2D eigenvalue weighted by molar-refractivity contribution is -0.114. The highest BCUT2D eigenvalue weighted by Gasteiger charge is 2.33. The van der Waals surface area contributed by atoms with Crippen molar-refractivity contribution in [2.45, 2.75) is 53.2 Å². The summed E-state index contributed by atoms with van der Waals surface area (Å²) in [5.74, 6) is -3.22. The lowest BCUT2D eigenvalue weighted by Crippen LogP contribution is -2.09. The molecule has 0 unspecified atom stereocenters. The van der Waals surface area contributed by atoms with Gasteiger partial charge in [-0.3, -0.25) is 32.0 Å². The summed E-state index contributed by atoms with van der Waals surface area (Å²) in [6.45, 7) is 3.90. The van der Waals surface area contributed by atoms with E-state index in [9.17, 15) is 80.0 Å². The fourth-order valence-electron chi connectivity index (χ4n) is 8.17. The molecule has 436 valence electrons. The van der Waals surface area contributed by atoms with Crippen molar-refractivity contribution in [1.29, 1.82) is 5.26 Å². The summed E-state index contributed by atoms with van der Waals surface area (Å²) in [6, 6.07) is 15.1. The Bertz CT molecular complexity index is 4770. The summed E-state index contributed by atoms with van der Waals surface area (Å²) < 4.78 is 183. The molecule has 0 bridgehead atoms. The number of azo groups is 3. The number of nitrogens with zero attached hydrogens (tertiary/aromatic N) is 10. The van der Waals surface area contributed by atoms with Crippen LogP contribution in [-0.4, -0.2) is 121 Å². The van der Waals surface area contributed by atoms with Crippen LogP contribution in [0.15, 0.2) is 111 Å². The highest BCUT2D eigenvalue weighted by Crippen LogP contribution is 2.49. The normalized spacial score (nSPS) is 12.9. The van der Waals surface area contributed by atoms with Gasteiger partial charge in [-0.25, -0.2) is 9.97 Å².